The van der Waals surface area contributed by atoms with Crippen molar-refractivity contribution in [3.05, 3.63) is 0 Å². The minimum absolute atomic E-state index is 0.0983. The van der Waals surface area contributed by atoms with Crippen LogP contribution in [0.3, 0.4) is 0 Å². The molecule has 16 heavy (non-hydrogen) atoms. The summed E-state index contributed by atoms with van der Waals surface area (Å²) in [4.78, 5) is 11.6. The molecule has 1 saturated heterocycles. The number of piperidine rings is 1. The van der Waals surface area contributed by atoms with Crippen LogP contribution < -0.4 is 11.1 Å². The fourth-order valence-electron chi connectivity index (χ4n) is 1.80. The first-order chi connectivity index (χ1) is 7.45. The molecule has 1 heterocycles. The van der Waals surface area contributed by atoms with E-state index in [0.29, 0.717) is 19.6 Å². The highest BCUT2D eigenvalue weighted by atomic mass is 32.2. The van der Waals surface area contributed by atoms with Crippen LogP contribution in [-0.4, -0.2) is 51.1 Å². The summed E-state index contributed by atoms with van der Waals surface area (Å²) in [6.07, 6.45) is 2.64. The summed E-state index contributed by atoms with van der Waals surface area (Å²) in [5.74, 6) is -0.339. The molecule has 7 heteroatoms. The third-order valence-electron chi connectivity index (χ3n) is 2.67. The Bertz CT molecular complexity index is 342. The van der Waals surface area contributed by atoms with Crippen LogP contribution in [0.1, 0.15) is 12.8 Å². The van der Waals surface area contributed by atoms with E-state index in [1.54, 1.807) is 0 Å². The molecule has 0 saturated carbocycles. The summed E-state index contributed by atoms with van der Waals surface area (Å²) >= 11 is 0. The number of nitrogens with two attached hydrogens (primary N) is 1. The van der Waals surface area contributed by atoms with E-state index in [0.717, 1.165) is 12.8 Å². The van der Waals surface area contributed by atoms with Crippen molar-refractivity contribution in [1.29, 1.82) is 0 Å². The van der Waals surface area contributed by atoms with E-state index in [4.69, 9.17) is 5.73 Å². The zero-order chi connectivity index (χ0) is 12.2. The molecule has 1 aliphatic rings. The summed E-state index contributed by atoms with van der Waals surface area (Å²) in [6, 6.07) is 0. The van der Waals surface area contributed by atoms with Gasteiger partial charge in [-0.05, 0) is 12.8 Å². The molecule has 0 aromatic carbocycles. The van der Waals surface area contributed by atoms with Crippen LogP contribution in [-0.2, 0) is 14.8 Å². The lowest BCUT2D eigenvalue weighted by Gasteiger charge is -2.30. The standard InChI is InChI=1S/C9H19N3O3S/c1-16(14,15)12-6-2-3-8(7-12)9(13)11-5-4-10/h8H,2-7,10H2,1H3,(H,11,13). The second-order valence-electron chi connectivity index (χ2n) is 4.04. The number of rotatable bonds is 4. The Hall–Kier alpha value is -0.660. The van der Waals surface area contributed by atoms with Gasteiger partial charge < -0.3 is 11.1 Å². The van der Waals surface area contributed by atoms with E-state index in [9.17, 15) is 13.2 Å². The monoisotopic (exact) mass is 249 g/mol. The fourth-order valence-corrected chi connectivity index (χ4v) is 2.71. The Balaban J connectivity index is 2.54. The van der Waals surface area contributed by atoms with Gasteiger partial charge in [-0.1, -0.05) is 0 Å². The van der Waals surface area contributed by atoms with Crippen LogP contribution >= 0.6 is 0 Å². The smallest absolute Gasteiger partial charge is 0.224 e. The van der Waals surface area contributed by atoms with Crippen molar-refractivity contribution in [3.63, 3.8) is 0 Å². The van der Waals surface area contributed by atoms with Crippen LogP contribution in [0.25, 0.3) is 0 Å². The molecule has 0 spiro atoms. The number of amides is 1. The van der Waals surface area contributed by atoms with E-state index in [1.807, 2.05) is 0 Å². The number of hydrogen-bond acceptors (Lipinski definition) is 4. The molecule has 1 aliphatic heterocycles. The molecule has 0 radical (unpaired) electrons. The number of carbonyl (C=O) groups excluding carboxylic acids is 1. The van der Waals surface area contributed by atoms with Crippen molar-refractivity contribution in [3.8, 4) is 0 Å². The van der Waals surface area contributed by atoms with Gasteiger partial charge in [0.25, 0.3) is 0 Å². The van der Waals surface area contributed by atoms with Gasteiger partial charge in [-0.2, -0.15) is 0 Å². The summed E-state index contributed by atoms with van der Waals surface area (Å²) in [7, 11) is -3.18. The highest BCUT2D eigenvalue weighted by Gasteiger charge is 2.29. The van der Waals surface area contributed by atoms with Crippen molar-refractivity contribution in [1.82, 2.24) is 9.62 Å². The number of carbonyl (C=O) groups is 1. The van der Waals surface area contributed by atoms with E-state index < -0.39 is 10.0 Å². The average molecular weight is 249 g/mol. The molecule has 1 atom stereocenters. The minimum Gasteiger partial charge on any atom is -0.355 e. The lowest BCUT2D eigenvalue weighted by Crippen LogP contribution is -2.45. The molecule has 0 aromatic rings. The van der Waals surface area contributed by atoms with Crippen molar-refractivity contribution in [2.24, 2.45) is 11.7 Å². The highest BCUT2D eigenvalue weighted by Crippen LogP contribution is 2.18. The maximum Gasteiger partial charge on any atom is 0.224 e. The number of sulfonamides is 1. The van der Waals surface area contributed by atoms with Crippen LogP contribution in [0.15, 0.2) is 0 Å². The summed E-state index contributed by atoms with van der Waals surface area (Å²) in [5.41, 5.74) is 5.28. The first-order valence-electron chi connectivity index (χ1n) is 5.38. The van der Waals surface area contributed by atoms with E-state index in [1.165, 1.54) is 10.6 Å². The van der Waals surface area contributed by atoms with Crippen LogP contribution in [0, 0.1) is 5.92 Å². The van der Waals surface area contributed by atoms with Crippen molar-refractivity contribution >= 4 is 15.9 Å². The Labute approximate surface area is 96.2 Å². The lowest BCUT2D eigenvalue weighted by atomic mass is 9.99. The maximum atomic E-state index is 11.6. The van der Waals surface area contributed by atoms with Gasteiger partial charge in [0.1, 0.15) is 0 Å². The van der Waals surface area contributed by atoms with Crippen molar-refractivity contribution in [2.45, 2.75) is 12.8 Å². The molecule has 0 aliphatic carbocycles. The zero-order valence-corrected chi connectivity index (χ0v) is 10.3. The van der Waals surface area contributed by atoms with Gasteiger partial charge in [0, 0.05) is 26.2 Å². The molecular weight excluding hydrogens is 230 g/mol. The summed E-state index contributed by atoms with van der Waals surface area (Å²) in [5, 5.41) is 2.69. The van der Waals surface area contributed by atoms with Crippen LogP contribution in [0.2, 0.25) is 0 Å². The van der Waals surface area contributed by atoms with E-state index >= 15 is 0 Å². The lowest BCUT2D eigenvalue weighted by molar-refractivity contribution is -0.125. The molecule has 94 valence electrons. The number of nitrogens with zero attached hydrogens (tertiary/aromatic N) is 1. The molecular formula is C9H19N3O3S. The quantitative estimate of drug-likeness (QED) is 0.650. The first-order valence-corrected chi connectivity index (χ1v) is 7.23. The Morgan fingerprint density at radius 1 is 1.56 bits per heavy atom. The van der Waals surface area contributed by atoms with Gasteiger partial charge in [-0.15, -0.1) is 0 Å². The maximum absolute atomic E-state index is 11.6. The number of nitrogens with one attached hydrogen (secondary N) is 1. The van der Waals surface area contributed by atoms with Gasteiger partial charge in [0.15, 0.2) is 0 Å². The molecule has 6 nitrogen and oxygen atoms in total. The van der Waals surface area contributed by atoms with Gasteiger partial charge in [0.2, 0.25) is 15.9 Å². The zero-order valence-electron chi connectivity index (χ0n) is 9.48. The normalized spacial score (nSPS) is 23.0. The molecule has 0 aromatic heterocycles. The Morgan fingerprint density at radius 3 is 2.81 bits per heavy atom. The minimum atomic E-state index is -3.18. The van der Waals surface area contributed by atoms with Crippen LogP contribution in [0.4, 0.5) is 0 Å². The first kappa shape index (κ1) is 13.4. The third kappa shape index (κ3) is 3.73. The third-order valence-corrected chi connectivity index (χ3v) is 3.94. The molecule has 1 rings (SSSR count). The van der Waals surface area contributed by atoms with Crippen molar-refractivity contribution < 1.29 is 13.2 Å². The molecule has 1 fully saturated rings. The predicted molar refractivity (Wildman–Crippen MR) is 61.2 cm³/mol. The SMILES string of the molecule is CS(=O)(=O)N1CCCC(C(=O)NCCN)C1. The van der Waals surface area contributed by atoms with Crippen molar-refractivity contribution in [2.75, 3.05) is 32.4 Å². The Morgan fingerprint density at radius 2 is 2.25 bits per heavy atom. The molecule has 1 amide bonds. The Kier molecular flexibility index (Phi) is 4.69. The van der Waals surface area contributed by atoms with E-state index in [2.05, 4.69) is 5.32 Å². The molecule has 1 unspecified atom stereocenters. The van der Waals surface area contributed by atoms with Gasteiger partial charge in [0.05, 0.1) is 12.2 Å². The predicted octanol–water partition coefficient (Wildman–Crippen LogP) is -1.27. The van der Waals surface area contributed by atoms with E-state index in [-0.39, 0.29) is 18.4 Å². The fraction of sp³-hybridized carbons (Fsp3) is 0.889. The second kappa shape index (κ2) is 5.60. The molecule has 3 N–H and O–H groups in total. The topological polar surface area (TPSA) is 92.5 Å². The van der Waals surface area contributed by atoms with Crippen LogP contribution in [0.5, 0.6) is 0 Å². The van der Waals surface area contributed by atoms with Gasteiger partial charge >= 0.3 is 0 Å². The summed E-state index contributed by atoms with van der Waals surface area (Å²) in [6.45, 7) is 1.64. The highest BCUT2D eigenvalue weighted by molar-refractivity contribution is 7.88. The van der Waals surface area contributed by atoms with Gasteiger partial charge in [-0.3, -0.25) is 4.79 Å². The largest absolute Gasteiger partial charge is 0.355 e. The van der Waals surface area contributed by atoms with Gasteiger partial charge in [-0.25, -0.2) is 12.7 Å². The second-order valence-corrected chi connectivity index (χ2v) is 6.02. The average Bonchev–Trinajstić information content (AvgIpc) is 2.25. The summed E-state index contributed by atoms with van der Waals surface area (Å²) < 4.78 is 24.0. The number of hydrogen-bond donors (Lipinski definition) is 2. The molecule has 0 bridgehead atoms.